The third-order valence-corrected chi connectivity index (χ3v) is 3.84. The van der Waals surface area contributed by atoms with E-state index in [1.807, 2.05) is 44.2 Å². The minimum absolute atomic E-state index is 0.0225. The molecule has 3 rings (SSSR count). The molecular weight excluding hydrogens is 292 g/mol. The van der Waals surface area contributed by atoms with Gasteiger partial charge in [-0.2, -0.15) is 0 Å². The van der Waals surface area contributed by atoms with Crippen LogP contribution in [0.25, 0.3) is 0 Å². The summed E-state index contributed by atoms with van der Waals surface area (Å²) < 4.78 is 5.56. The van der Waals surface area contributed by atoms with Crippen molar-refractivity contribution in [3.05, 3.63) is 59.9 Å². The summed E-state index contributed by atoms with van der Waals surface area (Å²) in [5, 5.41) is 10.6. The Morgan fingerprint density at radius 1 is 1.26 bits per heavy atom. The van der Waals surface area contributed by atoms with Crippen molar-refractivity contribution in [3.63, 3.8) is 0 Å². The van der Waals surface area contributed by atoms with Gasteiger partial charge in [-0.15, -0.1) is 0 Å². The summed E-state index contributed by atoms with van der Waals surface area (Å²) in [7, 11) is 0. The summed E-state index contributed by atoms with van der Waals surface area (Å²) in [4.78, 5) is 18.2. The molecule has 1 aromatic heterocycles. The van der Waals surface area contributed by atoms with Gasteiger partial charge < -0.3 is 14.7 Å². The Labute approximate surface area is 135 Å². The number of β-amino-alcohol motifs (C(OH)–C–C–N with tert-alkyl or cyclic N) is 1. The highest BCUT2D eigenvalue weighted by Gasteiger charge is 2.45. The van der Waals surface area contributed by atoms with Gasteiger partial charge in [0.15, 0.2) is 0 Å². The fraction of sp³-hybridized carbons (Fsp3) is 0.333. The number of aromatic nitrogens is 1. The molecule has 1 N–H and O–H groups in total. The molecule has 2 heterocycles. The number of aliphatic hydroxyl groups is 1. The summed E-state index contributed by atoms with van der Waals surface area (Å²) in [5.74, 6) is 0.428. The lowest BCUT2D eigenvalue weighted by Crippen LogP contribution is -2.61. The Kier molecular flexibility index (Phi) is 4.05. The van der Waals surface area contributed by atoms with Crippen LogP contribution in [0.2, 0.25) is 0 Å². The van der Waals surface area contributed by atoms with Gasteiger partial charge in [0.1, 0.15) is 11.4 Å². The molecule has 0 spiro atoms. The van der Waals surface area contributed by atoms with E-state index in [1.54, 1.807) is 17.2 Å². The third kappa shape index (κ3) is 3.19. The highest BCUT2D eigenvalue weighted by molar-refractivity contribution is 5.95. The minimum atomic E-state index is -0.962. The first-order chi connectivity index (χ1) is 11.0. The summed E-state index contributed by atoms with van der Waals surface area (Å²) in [5.41, 5.74) is 0.341. The van der Waals surface area contributed by atoms with Gasteiger partial charge in [-0.1, -0.05) is 30.3 Å². The van der Waals surface area contributed by atoms with Gasteiger partial charge >= 0.3 is 0 Å². The molecule has 1 amide bonds. The number of likely N-dealkylation sites (tertiary alicyclic amines) is 1. The Balaban J connectivity index is 1.69. The molecule has 23 heavy (non-hydrogen) atoms. The van der Waals surface area contributed by atoms with Crippen molar-refractivity contribution in [1.29, 1.82) is 0 Å². The molecule has 5 nitrogen and oxygen atoms in total. The monoisotopic (exact) mass is 312 g/mol. The maximum atomic E-state index is 12.5. The van der Waals surface area contributed by atoms with E-state index in [4.69, 9.17) is 4.74 Å². The molecule has 1 fully saturated rings. The second kappa shape index (κ2) is 6.01. The van der Waals surface area contributed by atoms with Gasteiger partial charge in [0.25, 0.3) is 5.91 Å². The van der Waals surface area contributed by atoms with E-state index in [1.165, 1.54) is 6.20 Å². The van der Waals surface area contributed by atoms with Gasteiger partial charge in [-0.3, -0.25) is 9.78 Å². The van der Waals surface area contributed by atoms with Crippen LogP contribution in [-0.4, -0.2) is 40.1 Å². The predicted molar refractivity (Wildman–Crippen MR) is 86.2 cm³/mol. The van der Waals surface area contributed by atoms with Crippen LogP contribution < -0.4 is 4.74 Å². The molecule has 120 valence electrons. The lowest BCUT2D eigenvalue weighted by molar-refractivity contribution is -0.0863. The normalized spacial score (nSPS) is 16.1. The van der Waals surface area contributed by atoms with Crippen molar-refractivity contribution in [1.82, 2.24) is 9.88 Å². The summed E-state index contributed by atoms with van der Waals surface area (Å²) in [6, 6.07) is 11.1. The molecule has 0 aliphatic carbocycles. The van der Waals surface area contributed by atoms with Crippen LogP contribution in [0.5, 0.6) is 5.75 Å². The fourth-order valence-electron chi connectivity index (χ4n) is 2.71. The Morgan fingerprint density at radius 3 is 2.61 bits per heavy atom. The molecule has 1 aliphatic heterocycles. The molecular formula is C18H20N2O3. The van der Waals surface area contributed by atoms with E-state index in [2.05, 4.69) is 4.98 Å². The lowest BCUT2D eigenvalue weighted by Gasteiger charge is -2.46. The van der Waals surface area contributed by atoms with Gasteiger partial charge in [0, 0.05) is 6.20 Å². The molecule has 1 aliphatic rings. The lowest BCUT2D eigenvalue weighted by atomic mass is 9.86. The SMILES string of the molecule is CC(C)Oc1cncc(C(=O)N2CC(O)(c3ccccc3)C2)c1. The van der Waals surface area contributed by atoms with E-state index < -0.39 is 5.60 Å². The average molecular weight is 312 g/mol. The molecule has 0 saturated carbocycles. The average Bonchev–Trinajstić information content (AvgIpc) is 2.51. The summed E-state index contributed by atoms with van der Waals surface area (Å²) in [6.45, 7) is 4.41. The van der Waals surface area contributed by atoms with Gasteiger partial charge in [0.05, 0.1) is 31.0 Å². The topological polar surface area (TPSA) is 62.7 Å². The van der Waals surface area contributed by atoms with Crippen LogP contribution in [0.1, 0.15) is 29.8 Å². The Hall–Kier alpha value is -2.40. The number of benzene rings is 1. The van der Waals surface area contributed by atoms with Crippen LogP contribution in [-0.2, 0) is 5.60 Å². The number of hydrogen-bond acceptors (Lipinski definition) is 4. The number of carbonyl (C=O) groups excluding carboxylic acids is 1. The maximum Gasteiger partial charge on any atom is 0.255 e. The number of carbonyl (C=O) groups is 1. The van der Waals surface area contributed by atoms with Crippen LogP contribution in [0.15, 0.2) is 48.8 Å². The standard InChI is InChI=1S/C18H20N2O3/c1-13(2)23-16-8-14(9-19-10-16)17(21)20-11-18(22,12-20)15-6-4-3-5-7-15/h3-10,13,22H,11-12H2,1-2H3. The second-order valence-corrected chi connectivity index (χ2v) is 6.13. The van der Waals surface area contributed by atoms with Crippen molar-refractivity contribution < 1.29 is 14.6 Å². The number of rotatable bonds is 4. The minimum Gasteiger partial charge on any atom is -0.489 e. The van der Waals surface area contributed by atoms with Crippen molar-refractivity contribution >= 4 is 5.91 Å². The molecule has 5 heteroatoms. The zero-order valence-corrected chi connectivity index (χ0v) is 13.3. The summed E-state index contributed by atoms with van der Waals surface area (Å²) >= 11 is 0. The van der Waals surface area contributed by atoms with Crippen molar-refractivity contribution in [2.24, 2.45) is 0 Å². The second-order valence-electron chi connectivity index (χ2n) is 6.13. The van der Waals surface area contributed by atoms with E-state index in [0.29, 0.717) is 11.3 Å². The predicted octanol–water partition coefficient (Wildman–Crippen LogP) is 2.21. The number of nitrogens with zero attached hydrogens (tertiary/aromatic N) is 2. The molecule has 0 radical (unpaired) electrons. The number of hydrogen-bond donors (Lipinski definition) is 1. The van der Waals surface area contributed by atoms with Crippen LogP contribution in [0.4, 0.5) is 0 Å². The summed E-state index contributed by atoms with van der Waals surface area (Å²) in [6.07, 6.45) is 3.14. The zero-order chi connectivity index (χ0) is 16.4. The van der Waals surface area contributed by atoms with Crippen LogP contribution in [0.3, 0.4) is 0 Å². The number of amides is 1. The highest BCUT2D eigenvalue weighted by atomic mass is 16.5. The van der Waals surface area contributed by atoms with E-state index in [-0.39, 0.29) is 25.1 Å². The van der Waals surface area contributed by atoms with Crippen molar-refractivity contribution in [2.75, 3.05) is 13.1 Å². The Bertz CT molecular complexity index is 694. The largest absolute Gasteiger partial charge is 0.489 e. The molecule has 0 bridgehead atoms. The molecule has 1 saturated heterocycles. The van der Waals surface area contributed by atoms with Crippen LogP contribution in [0, 0.1) is 0 Å². The quantitative estimate of drug-likeness (QED) is 0.940. The van der Waals surface area contributed by atoms with Crippen LogP contribution >= 0.6 is 0 Å². The van der Waals surface area contributed by atoms with Gasteiger partial charge in [-0.05, 0) is 25.5 Å². The molecule has 0 unspecified atom stereocenters. The number of pyridine rings is 1. The highest BCUT2D eigenvalue weighted by Crippen LogP contribution is 2.32. The zero-order valence-electron chi connectivity index (χ0n) is 13.3. The van der Waals surface area contributed by atoms with Gasteiger partial charge in [-0.25, -0.2) is 0 Å². The van der Waals surface area contributed by atoms with E-state index >= 15 is 0 Å². The third-order valence-electron chi connectivity index (χ3n) is 3.84. The first-order valence-electron chi connectivity index (χ1n) is 7.67. The van der Waals surface area contributed by atoms with Gasteiger partial charge in [0.2, 0.25) is 0 Å². The molecule has 1 aromatic carbocycles. The smallest absolute Gasteiger partial charge is 0.255 e. The van der Waals surface area contributed by atoms with Crippen molar-refractivity contribution in [3.8, 4) is 5.75 Å². The van der Waals surface area contributed by atoms with E-state index in [0.717, 1.165) is 5.56 Å². The number of ether oxygens (including phenoxy) is 1. The molecule has 2 aromatic rings. The van der Waals surface area contributed by atoms with Crippen molar-refractivity contribution in [2.45, 2.75) is 25.6 Å². The fourth-order valence-corrected chi connectivity index (χ4v) is 2.71. The van der Waals surface area contributed by atoms with E-state index in [9.17, 15) is 9.90 Å². The Morgan fingerprint density at radius 2 is 1.96 bits per heavy atom. The first-order valence-corrected chi connectivity index (χ1v) is 7.67. The first kappa shape index (κ1) is 15.5. The molecule has 0 atom stereocenters. The maximum absolute atomic E-state index is 12.5.